The van der Waals surface area contributed by atoms with E-state index in [0.29, 0.717) is 6.42 Å². The van der Waals surface area contributed by atoms with Gasteiger partial charge in [-0.2, -0.15) is 0 Å². The van der Waals surface area contributed by atoms with E-state index in [9.17, 15) is 0 Å². The number of hydrogen-bond donors (Lipinski definition) is 0. The van der Waals surface area contributed by atoms with Gasteiger partial charge in [-0.25, -0.2) is 0 Å². The van der Waals surface area contributed by atoms with Gasteiger partial charge in [-0.3, -0.25) is 0 Å². The molecule has 1 heterocycles. The molecule has 0 N–H and O–H groups in total. The number of alkyl halides is 9. The molecule has 0 saturated carbocycles. The van der Waals surface area contributed by atoms with E-state index in [4.69, 9.17) is 109 Å². The summed E-state index contributed by atoms with van der Waals surface area (Å²) in [6.07, 6.45) is 4.09. The lowest BCUT2D eigenvalue weighted by Crippen LogP contribution is -2.69. The predicted molar refractivity (Wildman–Crippen MR) is 93.8 cm³/mol. The Labute approximate surface area is 168 Å². The zero-order chi connectivity index (χ0) is 16.5. The Morgan fingerprint density at radius 2 is 1.24 bits per heavy atom. The van der Waals surface area contributed by atoms with Crippen molar-refractivity contribution in [2.24, 2.45) is 11.8 Å². The summed E-state index contributed by atoms with van der Waals surface area (Å²) in [6.45, 7) is 1.60. The number of fused-ring (bicyclic) bond motifs is 2. The molecule has 2 aliphatic rings. The van der Waals surface area contributed by atoms with Crippen molar-refractivity contribution in [3.8, 4) is 0 Å². The largest absolute Gasteiger partial charge is 0.354 e. The molecule has 21 heavy (non-hydrogen) atoms. The lowest BCUT2D eigenvalue weighted by atomic mass is 9.77. The molecule has 1 fully saturated rings. The highest BCUT2D eigenvalue weighted by molar-refractivity contribution is 6.74. The summed E-state index contributed by atoms with van der Waals surface area (Å²) >= 11 is 54.9. The first kappa shape index (κ1) is 19.6. The van der Waals surface area contributed by atoms with Gasteiger partial charge >= 0.3 is 0 Å². The first-order chi connectivity index (χ1) is 9.17. The van der Waals surface area contributed by atoms with Crippen LogP contribution in [0.15, 0.2) is 12.2 Å². The van der Waals surface area contributed by atoms with Gasteiger partial charge in [0.05, 0.1) is 0 Å². The number of rotatable bonds is 0. The third-order valence-electron chi connectivity index (χ3n) is 4.09. The molecule has 0 radical (unpaired) electrons. The summed E-state index contributed by atoms with van der Waals surface area (Å²) in [5, 5.41) is 0. The minimum atomic E-state index is -2.06. The van der Waals surface area contributed by atoms with Crippen molar-refractivity contribution >= 4 is 104 Å². The van der Waals surface area contributed by atoms with Gasteiger partial charge in [0.2, 0.25) is 11.4 Å². The van der Waals surface area contributed by atoms with E-state index < -0.39 is 28.5 Å². The molecule has 122 valence electrons. The van der Waals surface area contributed by atoms with Crippen molar-refractivity contribution < 1.29 is 4.74 Å². The van der Waals surface area contributed by atoms with Gasteiger partial charge in [0, 0.05) is 11.8 Å². The highest BCUT2D eigenvalue weighted by Gasteiger charge is 2.74. The third-order valence-corrected chi connectivity index (χ3v) is 6.90. The van der Waals surface area contributed by atoms with E-state index in [0.717, 1.165) is 0 Å². The van der Waals surface area contributed by atoms with E-state index in [2.05, 4.69) is 0 Å². The average molecular weight is 476 g/mol. The Bertz CT molecular complexity index is 444. The van der Waals surface area contributed by atoms with Crippen LogP contribution >= 0.6 is 104 Å². The van der Waals surface area contributed by atoms with Gasteiger partial charge in [0.25, 0.3) is 0 Å². The van der Waals surface area contributed by atoms with Crippen LogP contribution in [0.2, 0.25) is 0 Å². The van der Waals surface area contributed by atoms with Crippen LogP contribution in [0.1, 0.15) is 13.3 Å². The van der Waals surface area contributed by atoms with E-state index in [1.807, 2.05) is 6.08 Å². The van der Waals surface area contributed by atoms with Crippen LogP contribution in [-0.2, 0) is 4.74 Å². The maximum absolute atomic E-state index is 6.11. The Kier molecular flexibility index (Phi) is 5.29. The fourth-order valence-electron chi connectivity index (χ4n) is 2.86. The molecule has 10 heteroatoms. The summed E-state index contributed by atoms with van der Waals surface area (Å²) in [6, 6.07) is 0. The first-order valence-corrected chi connectivity index (χ1v) is 9.15. The summed E-state index contributed by atoms with van der Waals surface area (Å²) in [5.41, 5.74) is -3.12. The summed E-state index contributed by atoms with van der Waals surface area (Å²) in [7, 11) is 0. The second-order valence-electron chi connectivity index (χ2n) is 5.27. The fourth-order valence-corrected chi connectivity index (χ4v) is 5.75. The first-order valence-electron chi connectivity index (χ1n) is 5.75. The highest BCUT2D eigenvalue weighted by atomic mass is 35.6. The zero-order valence-corrected chi connectivity index (χ0v) is 17.1. The fraction of sp³-hybridized carbons (Fsp3) is 0.818. The Morgan fingerprint density at radius 1 is 0.810 bits per heavy atom. The molecule has 3 unspecified atom stereocenters. The molecule has 1 aliphatic heterocycles. The van der Waals surface area contributed by atoms with E-state index >= 15 is 0 Å². The van der Waals surface area contributed by atoms with Crippen LogP contribution in [0.25, 0.3) is 0 Å². The predicted octanol–water partition coefficient (Wildman–Crippen LogP) is 6.82. The molecule has 0 aromatic carbocycles. The zero-order valence-electron chi connectivity index (χ0n) is 10.3. The van der Waals surface area contributed by atoms with Crippen LogP contribution in [0.4, 0.5) is 0 Å². The van der Waals surface area contributed by atoms with Gasteiger partial charge in [0.15, 0.2) is 5.60 Å². The molecule has 0 spiro atoms. The maximum atomic E-state index is 6.11. The molecule has 0 aromatic heterocycles. The Balaban J connectivity index is 2.66. The van der Waals surface area contributed by atoms with E-state index in [1.54, 1.807) is 13.0 Å². The minimum absolute atomic E-state index is 0.206. The molecular formula is C11H9Cl9O. The van der Waals surface area contributed by atoms with Gasteiger partial charge in [-0.1, -0.05) is 117 Å². The number of halogens is 9. The minimum Gasteiger partial charge on any atom is -0.354 e. The average Bonchev–Trinajstić information content (AvgIpc) is 2.65. The molecule has 1 saturated heterocycles. The second-order valence-corrected chi connectivity index (χ2v) is 12.1. The van der Waals surface area contributed by atoms with Crippen molar-refractivity contribution in [3.63, 3.8) is 0 Å². The molecular weight excluding hydrogens is 467 g/mol. The SMILES string of the molecule is CC1(C(Cl)(Cl)Cl)OC(C(Cl)(Cl)Cl)(C(Cl)(Cl)Cl)C2C=CC1C2. The molecule has 1 nitrogen and oxygen atoms in total. The Hall–Kier alpha value is 2.31. The second kappa shape index (κ2) is 5.66. The van der Waals surface area contributed by atoms with Gasteiger partial charge in [-0.15, -0.1) is 0 Å². The molecule has 0 amide bonds. The topological polar surface area (TPSA) is 9.23 Å². The quantitative estimate of drug-likeness (QED) is 0.276. The van der Waals surface area contributed by atoms with Crippen LogP contribution in [0, 0.1) is 11.8 Å². The summed E-state index contributed by atoms with van der Waals surface area (Å²) in [5.74, 6) is -0.647. The third kappa shape index (κ3) is 2.90. The van der Waals surface area contributed by atoms with Crippen LogP contribution in [0.3, 0.4) is 0 Å². The smallest absolute Gasteiger partial charge is 0.223 e. The van der Waals surface area contributed by atoms with Crippen LogP contribution in [-0.4, -0.2) is 22.6 Å². The standard InChI is InChI=1S/C11H9Cl9O/c1-7(9(12,13)14)5-2-3-6(4-5)8(21-7,10(15,16)17)11(18,19)20/h2-3,5-6H,4H2,1H3. The van der Waals surface area contributed by atoms with Crippen molar-refractivity contribution in [1.29, 1.82) is 0 Å². The van der Waals surface area contributed by atoms with E-state index in [1.165, 1.54) is 0 Å². The molecule has 1 aliphatic carbocycles. The molecule has 0 aromatic rings. The van der Waals surface area contributed by atoms with Crippen molar-refractivity contribution in [3.05, 3.63) is 12.2 Å². The maximum Gasteiger partial charge on any atom is 0.223 e. The molecule has 3 atom stereocenters. The van der Waals surface area contributed by atoms with Crippen molar-refractivity contribution in [2.45, 2.75) is 35.9 Å². The van der Waals surface area contributed by atoms with Crippen molar-refractivity contribution in [1.82, 2.24) is 0 Å². The van der Waals surface area contributed by atoms with Crippen LogP contribution in [0.5, 0.6) is 0 Å². The van der Waals surface area contributed by atoms with Gasteiger partial charge in [-0.05, 0) is 13.3 Å². The summed E-state index contributed by atoms with van der Waals surface area (Å²) < 4.78 is 0.0692. The number of hydrogen-bond acceptors (Lipinski definition) is 1. The lowest BCUT2D eigenvalue weighted by Gasteiger charge is -2.57. The number of ether oxygens (including phenoxy) is 1. The lowest BCUT2D eigenvalue weighted by molar-refractivity contribution is -0.207. The monoisotopic (exact) mass is 472 g/mol. The van der Waals surface area contributed by atoms with Gasteiger partial charge in [0.1, 0.15) is 5.60 Å². The van der Waals surface area contributed by atoms with E-state index in [-0.39, 0.29) is 5.92 Å². The van der Waals surface area contributed by atoms with Gasteiger partial charge < -0.3 is 4.74 Å². The van der Waals surface area contributed by atoms with Crippen molar-refractivity contribution in [2.75, 3.05) is 0 Å². The Morgan fingerprint density at radius 3 is 1.62 bits per heavy atom. The molecule has 2 rings (SSSR count). The summed E-state index contributed by atoms with van der Waals surface area (Å²) in [4.78, 5) is 0. The normalized spacial score (nSPS) is 36.1. The van der Waals surface area contributed by atoms with Crippen LogP contribution < -0.4 is 0 Å². The molecule has 2 bridgehead atoms. The highest BCUT2D eigenvalue weighted by Crippen LogP contribution is 2.67.